The molecular formula is C14H20N2O2. The summed E-state index contributed by atoms with van der Waals surface area (Å²) in [6, 6.07) is 6.94. The van der Waals surface area contributed by atoms with Crippen molar-refractivity contribution in [3.8, 4) is 11.5 Å². The lowest BCUT2D eigenvalue weighted by atomic mass is 10.1. The second-order valence-electron chi connectivity index (χ2n) is 5.06. The molecule has 1 aromatic rings. The second-order valence-corrected chi connectivity index (χ2v) is 5.06. The lowest BCUT2D eigenvalue weighted by molar-refractivity contribution is 0.174. The second kappa shape index (κ2) is 5.16. The van der Waals surface area contributed by atoms with Gasteiger partial charge in [0.15, 0.2) is 11.5 Å². The standard InChI is InChI=1S/C14H20N2O2/c1-16(12-4-6-15-9-12)7-5-11-2-3-13-14(8-11)18-10-17-13/h2-3,8,12,15H,4-7,9-10H2,1H3. The molecule has 0 spiro atoms. The summed E-state index contributed by atoms with van der Waals surface area (Å²) in [4.78, 5) is 2.45. The van der Waals surface area contributed by atoms with Gasteiger partial charge in [-0.25, -0.2) is 0 Å². The lowest BCUT2D eigenvalue weighted by Crippen LogP contribution is -2.34. The minimum absolute atomic E-state index is 0.354. The van der Waals surface area contributed by atoms with Crippen LogP contribution in [0.2, 0.25) is 0 Å². The average Bonchev–Trinajstić information content (AvgIpc) is 3.05. The van der Waals surface area contributed by atoms with Crippen LogP contribution >= 0.6 is 0 Å². The van der Waals surface area contributed by atoms with Gasteiger partial charge in [-0.15, -0.1) is 0 Å². The molecular weight excluding hydrogens is 228 g/mol. The highest BCUT2D eigenvalue weighted by Crippen LogP contribution is 2.32. The van der Waals surface area contributed by atoms with Gasteiger partial charge in [0.25, 0.3) is 0 Å². The van der Waals surface area contributed by atoms with Gasteiger partial charge in [-0.2, -0.15) is 0 Å². The molecule has 0 saturated carbocycles. The summed E-state index contributed by atoms with van der Waals surface area (Å²) in [6.07, 6.45) is 2.32. The van der Waals surface area contributed by atoms with Gasteiger partial charge >= 0.3 is 0 Å². The van der Waals surface area contributed by atoms with E-state index in [-0.39, 0.29) is 0 Å². The van der Waals surface area contributed by atoms with Crippen molar-refractivity contribution in [2.75, 3.05) is 33.5 Å². The fourth-order valence-corrected chi connectivity index (χ4v) is 2.60. The molecule has 1 fully saturated rings. The number of likely N-dealkylation sites (N-methyl/N-ethyl adjacent to an activating group) is 1. The Kier molecular flexibility index (Phi) is 3.39. The number of ether oxygens (including phenoxy) is 2. The molecule has 0 aliphatic carbocycles. The minimum Gasteiger partial charge on any atom is -0.454 e. The molecule has 1 N–H and O–H groups in total. The molecule has 18 heavy (non-hydrogen) atoms. The molecule has 2 aliphatic heterocycles. The van der Waals surface area contributed by atoms with E-state index in [0.717, 1.165) is 37.6 Å². The number of fused-ring (bicyclic) bond motifs is 1. The van der Waals surface area contributed by atoms with E-state index < -0.39 is 0 Å². The Morgan fingerprint density at radius 2 is 2.22 bits per heavy atom. The van der Waals surface area contributed by atoms with Crippen molar-refractivity contribution in [1.82, 2.24) is 10.2 Å². The molecule has 1 atom stereocenters. The van der Waals surface area contributed by atoms with Gasteiger partial charge in [0, 0.05) is 19.1 Å². The van der Waals surface area contributed by atoms with E-state index in [2.05, 4.69) is 29.4 Å². The van der Waals surface area contributed by atoms with Crippen LogP contribution in [0.3, 0.4) is 0 Å². The van der Waals surface area contributed by atoms with Gasteiger partial charge in [0.05, 0.1) is 0 Å². The molecule has 0 bridgehead atoms. The van der Waals surface area contributed by atoms with Crippen molar-refractivity contribution >= 4 is 0 Å². The maximum Gasteiger partial charge on any atom is 0.231 e. The SMILES string of the molecule is CN(CCc1ccc2c(c1)OCO2)C1CCNC1. The largest absolute Gasteiger partial charge is 0.454 e. The van der Waals surface area contributed by atoms with Crippen molar-refractivity contribution in [3.05, 3.63) is 23.8 Å². The van der Waals surface area contributed by atoms with Crippen LogP contribution in [0.5, 0.6) is 11.5 Å². The number of hydrogen-bond acceptors (Lipinski definition) is 4. The summed E-state index contributed by atoms with van der Waals surface area (Å²) in [5.41, 5.74) is 1.32. The highest BCUT2D eigenvalue weighted by molar-refractivity contribution is 5.44. The Hall–Kier alpha value is -1.26. The summed E-state index contributed by atoms with van der Waals surface area (Å²) in [7, 11) is 2.21. The highest BCUT2D eigenvalue weighted by atomic mass is 16.7. The van der Waals surface area contributed by atoms with Crippen LogP contribution < -0.4 is 14.8 Å². The van der Waals surface area contributed by atoms with Gasteiger partial charge in [0.2, 0.25) is 6.79 Å². The molecule has 1 saturated heterocycles. The minimum atomic E-state index is 0.354. The molecule has 4 nitrogen and oxygen atoms in total. The monoisotopic (exact) mass is 248 g/mol. The molecule has 3 rings (SSSR count). The van der Waals surface area contributed by atoms with Crippen LogP contribution in [-0.4, -0.2) is 44.4 Å². The average molecular weight is 248 g/mol. The van der Waals surface area contributed by atoms with E-state index in [9.17, 15) is 0 Å². The fourth-order valence-electron chi connectivity index (χ4n) is 2.60. The molecule has 4 heteroatoms. The zero-order valence-corrected chi connectivity index (χ0v) is 10.8. The topological polar surface area (TPSA) is 33.7 Å². The van der Waals surface area contributed by atoms with Gasteiger partial charge in [0.1, 0.15) is 0 Å². The van der Waals surface area contributed by atoms with E-state index in [1.807, 2.05) is 6.07 Å². The van der Waals surface area contributed by atoms with E-state index in [1.165, 1.54) is 12.0 Å². The summed E-state index contributed by atoms with van der Waals surface area (Å²) >= 11 is 0. The Labute approximate surface area is 108 Å². The smallest absolute Gasteiger partial charge is 0.231 e. The quantitative estimate of drug-likeness (QED) is 0.869. The van der Waals surface area contributed by atoms with Crippen molar-refractivity contribution in [3.63, 3.8) is 0 Å². The maximum absolute atomic E-state index is 5.40. The van der Waals surface area contributed by atoms with Gasteiger partial charge in [-0.1, -0.05) is 6.07 Å². The summed E-state index contributed by atoms with van der Waals surface area (Å²) in [6.45, 7) is 3.72. The van der Waals surface area contributed by atoms with Gasteiger partial charge < -0.3 is 19.7 Å². The maximum atomic E-state index is 5.40. The van der Waals surface area contributed by atoms with Crippen LogP contribution in [0.25, 0.3) is 0 Å². The molecule has 98 valence electrons. The summed E-state index contributed by atoms with van der Waals surface area (Å²) < 4.78 is 10.7. The lowest BCUT2D eigenvalue weighted by Gasteiger charge is -2.23. The van der Waals surface area contributed by atoms with Crippen LogP contribution in [0, 0.1) is 0 Å². The number of nitrogens with one attached hydrogen (secondary N) is 1. The summed E-state index contributed by atoms with van der Waals surface area (Å²) in [5, 5.41) is 3.41. The van der Waals surface area contributed by atoms with Gasteiger partial charge in [-0.3, -0.25) is 0 Å². The van der Waals surface area contributed by atoms with E-state index in [0.29, 0.717) is 12.8 Å². The third kappa shape index (κ3) is 2.44. The Morgan fingerprint density at radius 3 is 3.06 bits per heavy atom. The highest BCUT2D eigenvalue weighted by Gasteiger charge is 2.19. The first-order valence-corrected chi connectivity index (χ1v) is 6.62. The number of rotatable bonds is 4. The van der Waals surface area contributed by atoms with Crippen molar-refractivity contribution in [1.29, 1.82) is 0 Å². The normalized spacial score (nSPS) is 21.8. The zero-order valence-electron chi connectivity index (χ0n) is 10.8. The number of hydrogen-bond donors (Lipinski definition) is 1. The molecule has 0 aromatic heterocycles. The summed E-state index contributed by atoms with van der Waals surface area (Å²) in [5.74, 6) is 1.75. The first-order valence-electron chi connectivity index (χ1n) is 6.62. The van der Waals surface area contributed by atoms with E-state index in [4.69, 9.17) is 9.47 Å². The molecule has 1 aromatic carbocycles. The number of nitrogens with zero attached hydrogens (tertiary/aromatic N) is 1. The zero-order chi connectivity index (χ0) is 12.4. The molecule has 2 heterocycles. The van der Waals surface area contributed by atoms with Crippen LogP contribution in [0.15, 0.2) is 18.2 Å². The van der Waals surface area contributed by atoms with Crippen LogP contribution in [0.1, 0.15) is 12.0 Å². The van der Waals surface area contributed by atoms with Crippen molar-refractivity contribution in [2.24, 2.45) is 0 Å². The Balaban J connectivity index is 1.56. The molecule has 0 amide bonds. The van der Waals surface area contributed by atoms with Crippen LogP contribution in [0.4, 0.5) is 0 Å². The number of benzene rings is 1. The van der Waals surface area contributed by atoms with Gasteiger partial charge in [-0.05, 0) is 44.1 Å². The van der Waals surface area contributed by atoms with Crippen LogP contribution in [-0.2, 0) is 6.42 Å². The Bertz CT molecular complexity index is 416. The predicted octanol–water partition coefficient (Wildman–Crippen LogP) is 1.25. The fraction of sp³-hybridized carbons (Fsp3) is 0.571. The first-order chi connectivity index (χ1) is 8.83. The molecule has 1 unspecified atom stereocenters. The molecule has 0 radical (unpaired) electrons. The Morgan fingerprint density at radius 1 is 1.33 bits per heavy atom. The first kappa shape index (κ1) is 11.8. The van der Waals surface area contributed by atoms with E-state index in [1.54, 1.807) is 0 Å². The van der Waals surface area contributed by atoms with E-state index >= 15 is 0 Å². The molecule has 2 aliphatic rings. The third-order valence-corrected chi connectivity index (χ3v) is 3.85. The van der Waals surface area contributed by atoms with Crippen molar-refractivity contribution < 1.29 is 9.47 Å². The third-order valence-electron chi connectivity index (χ3n) is 3.85. The predicted molar refractivity (Wildman–Crippen MR) is 70.2 cm³/mol. The van der Waals surface area contributed by atoms with Crippen molar-refractivity contribution in [2.45, 2.75) is 18.9 Å².